The van der Waals surface area contributed by atoms with Crippen molar-refractivity contribution in [3.8, 4) is 0 Å². The predicted octanol–water partition coefficient (Wildman–Crippen LogP) is 3.04. The van der Waals surface area contributed by atoms with Crippen LogP contribution in [0.5, 0.6) is 0 Å². The average Bonchev–Trinajstić information content (AvgIpc) is 3.19. The van der Waals surface area contributed by atoms with Crippen LogP contribution in [0.25, 0.3) is 6.08 Å². The van der Waals surface area contributed by atoms with E-state index in [1.54, 1.807) is 18.2 Å². The van der Waals surface area contributed by atoms with Gasteiger partial charge in [0.1, 0.15) is 5.76 Å². The Morgan fingerprint density at radius 2 is 1.88 bits per heavy atom. The van der Waals surface area contributed by atoms with Crippen molar-refractivity contribution in [1.29, 1.82) is 0 Å². The Balaban J connectivity index is 1.52. The van der Waals surface area contributed by atoms with Gasteiger partial charge in [-0.3, -0.25) is 9.59 Å². The number of para-hydroxylation sites is 2. The predicted molar refractivity (Wildman–Crippen MR) is 102 cm³/mol. The summed E-state index contributed by atoms with van der Waals surface area (Å²) < 4.78 is 5.11. The molecule has 26 heavy (non-hydrogen) atoms. The van der Waals surface area contributed by atoms with Crippen LogP contribution in [-0.4, -0.2) is 31.4 Å². The topological polar surface area (TPSA) is 74.6 Å². The summed E-state index contributed by atoms with van der Waals surface area (Å²) in [6.07, 6.45) is 8.01. The van der Waals surface area contributed by atoms with Crippen LogP contribution in [0.4, 0.5) is 11.4 Å². The van der Waals surface area contributed by atoms with Crippen LogP contribution in [0.2, 0.25) is 0 Å². The number of nitrogens with zero attached hydrogens (tertiary/aromatic N) is 1. The number of piperidine rings is 1. The Hall–Kier alpha value is -3.02. The van der Waals surface area contributed by atoms with Crippen LogP contribution in [0, 0.1) is 0 Å². The Morgan fingerprint density at radius 1 is 1.08 bits per heavy atom. The van der Waals surface area contributed by atoms with Gasteiger partial charge in [0, 0.05) is 19.2 Å². The van der Waals surface area contributed by atoms with E-state index in [0.717, 1.165) is 24.5 Å². The van der Waals surface area contributed by atoms with Gasteiger partial charge in [-0.1, -0.05) is 12.1 Å². The van der Waals surface area contributed by atoms with Gasteiger partial charge >= 0.3 is 0 Å². The molecule has 0 radical (unpaired) electrons. The van der Waals surface area contributed by atoms with E-state index in [9.17, 15) is 9.59 Å². The zero-order chi connectivity index (χ0) is 18.2. The summed E-state index contributed by atoms with van der Waals surface area (Å²) in [7, 11) is 0. The lowest BCUT2D eigenvalue weighted by Gasteiger charge is -2.30. The third-order valence-corrected chi connectivity index (χ3v) is 4.24. The van der Waals surface area contributed by atoms with Crippen LogP contribution < -0.4 is 15.5 Å². The van der Waals surface area contributed by atoms with Gasteiger partial charge in [-0.15, -0.1) is 0 Å². The molecule has 6 nitrogen and oxygen atoms in total. The number of hydrogen-bond acceptors (Lipinski definition) is 4. The lowest BCUT2D eigenvalue weighted by Crippen LogP contribution is -2.33. The molecule has 1 aliphatic heterocycles. The molecule has 0 bridgehead atoms. The van der Waals surface area contributed by atoms with Crippen molar-refractivity contribution < 1.29 is 14.0 Å². The molecule has 2 aromatic rings. The largest absolute Gasteiger partial charge is 0.465 e. The van der Waals surface area contributed by atoms with Gasteiger partial charge in [-0.25, -0.2) is 0 Å². The number of hydrogen-bond donors (Lipinski definition) is 2. The van der Waals surface area contributed by atoms with Crippen LogP contribution >= 0.6 is 0 Å². The molecule has 2 amide bonds. The zero-order valence-corrected chi connectivity index (χ0v) is 14.6. The second-order valence-corrected chi connectivity index (χ2v) is 6.18. The molecule has 2 N–H and O–H groups in total. The molecule has 0 atom stereocenters. The van der Waals surface area contributed by atoms with Gasteiger partial charge in [-0.05, 0) is 49.6 Å². The monoisotopic (exact) mass is 353 g/mol. The smallest absolute Gasteiger partial charge is 0.244 e. The zero-order valence-electron chi connectivity index (χ0n) is 14.6. The van der Waals surface area contributed by atoms with Gasteiger partial charge < -0.3 is 20.0 Å². The van der Waals surface area contributed by atoms with Gasteiger partial charge in [0.05, 0.1) is 24.2 Å². The minimum Gasteiger partial charge on any atom is -0.465 e. The molecule has 3 rings (SSSR count). The van der Waals surface area contributed by atoms with Gasteiger partial charge in [-0.2, -0.15) is 0 Å². The number of carbonyl (C=O) groups is 2. The van der Waals surface area contributed by atoms with Crippen LogP contribution in [0.15, 0.2) is 53.2 Å². The summed E-state index contributed by atoms with van der Waals surface area (Å²) in [6.45, 7) is 1.91. The minimum atomic E-state index is -0.346. The summed E-state index contributed by atoms with van der Waals surface area (Å²) in [5.74, 6) is -0.0184. The lowest BCUT2D eigenvalue weighted by atomic mass is 10.1. The molecule has 0 unspecified atom stereocenters. The van der Waals surface area contributed by atoms with Crippen molar-refractivity contribution in [2.75, 3.05) is 29.9 Å². The molecular formula is C20H23N3O3. The fraction of sp³-hybridized carbons (Fsp3) is 0.300. The van der Waals surface area contributed by atoms with E-state index in [1.165, 1.54) is 31.6 Å². The number of nitrogens with one attached hydrogen (secondary N) is 2. The number of amides is 2. The molecule has 0 saturated carbocycles. The van der Waals surface area contributed by atoms with Crippen molar-refractivity contribution >= 4 is 29.3 Å². The molecule has 1 fully saturated rings. The molecular weight excluding hydrogens is 330 g/mol. The maximum Gasteiger partial charge on any atom is 0.244 e. The van der Waals surface area contributed by atoms with Crippen molar-refractivity contribution in [2.24, 2.45) is 0 Å². The van der Waals surface area contributed by atoms with Crippen LogP contribution in [-0.2, 0) is 9.59 Å². The number of benzene rings is 1. The van der Waals surface area contributed by atoms with E-state index in [4.69, 9.17) is 4.42 Å². The summed E-state index contributed by atoms with van der Waals surface area (Å²) in [6, 6.07) is 11.3. The third-order valence-electron chi connectivity index (χ3n) is 4.24. The first kappa shape index (κ1) is 17.8. The number of furan rings is 1. The second kappa shape index (κ2) is 8.89. The highest BCUT2D eigenvalue weighted by molar-refractivity contribution is 5.99. The molecule has 1 aromatic heterocycles. The maximum atomic E-state index is 12.2. The highest BCUT2D eigenvalue weighted by Crippen LogP contribution is 2.28. The Labute approximate surface area is 152 Å². The summed E-state index contributed by atoms with van der Waals surface area (Å²) in [5.41, 5.74) is 1.81. The third kappa shape index (κ3) is 4.99. The molecule has 2 heterocycles. The highest BCUT2D eigenvalue weighted by atomic mass is 16.3. The first-order chi connectivity index (χ1) is 12.7. The fourth-order valence-corrected chi connectivity index (χ4v) is 2.95. The van der Waals surface area contributed by atoms with Crippen molar-refractivity contribution in [1.82, 2.24) is 5.32 Å². The molecule has 1 aliphatic rings. The van der Waals surface area contributed by atoms with Crippen molar-refractivity contribution in [3.63, 3.8) is 0 Å². The van der Waals surface area contributed by atoms with E-state index in [2.05, 4.69) is 15.5 Å². The minimum absolute atomic E-state index is 0.0876. The average molecular weight is 353 g/mol. The quantitative estimate of drug-likeness (QED) is 0.783. The van der Waals surface area contributed by atoms with Crippen LogP contribution in [0.1, 0.15) is 25.0 Å². The summed E-state index contributed by atoms with van der Waals surface area (Å²) in [5, 5.41) is 5.47. The standard InChI is InChI=1S/C20H23N3O3/c24-19(11-10-16-7-6-14-26-16)21-15-20(25)22-17-8-2-3-9-18(17)23-12-4-1-5-13-23/h2-3,6-11,14H,1,4-5,12-13,15H2,(H,21,24)(H,22,25)/b11-10-. The van der Waals surface area contributed by atoms with Gasteiger partial charge in [0.25, 0.3) is 0 Å². The summed E-state index contributed by atoms with van der Waals surface area (Å²) >= 11 is 0. The molecule has 0 spiro atoms. The van der Waals surface area contributed by atoms with E-state index in [-0.39, 0.29) is 18.4 Å². The van der Waals surface area contributed by atoms with E-state index < -0.39 is 0 Å². The summed E-state index contributed by atoms with van der Waals surface area (Å²) in [4.78, 5) is 26.3. The molecule has 1 saturated heterocycles. The molecule has 6 heteroatoms. The van der Waals surface area contributed by atoms with Crippen molar-refractivity contribution in [3.05, 3.63) is 54.5 Å². The highest BCUT2D eigenvalue weighted by Gasteiger charge is 2.15. The lowest BCUT2D eigenvalue weighted by molar-refractivity contribution is -0.121. The van der Waals surface area contributed by atoms with Crippen LogP contribution in [0.3, 0.4) is 0 Å². The van der Waals surface area contributed by atoms with Crippen molar-refractivity contribution in [2.45, 2.75) is 19.3 Å². The number of rotatable bonds is 6. The van der Waals surface area contributed by atoms with Gasteiger partial charge in [0.15, 0.2) is 0 Å². The first-order valence-electron chi connectivity index (χ1n) is 8.85. The van der Waals surface area contributed by atoms with E-state index in [1.807, 2.05) is 24.3 Å². The normalized spacial score (nSPS) is 14.4. The Bertz CT molecular complexity index is 762. The van der Waals surface area contributed by atoms with E-state index >= 15 is 0 Å². The first-order valence-corrected chi connectivity index (χ1v) is 8.85. The van der Waals surface area contributed by atoms with Gasteiger partial charge in [0.2, 0.25) is 11.8 Å². The van der Waals surface area contributed by atoms with E-state index in [0.29, 0.717) is 5.76 Å². The SMILES string of the molecule is O=C(/C=C\c1ccco1)NCC(=O)Nc1ccccc1N1CCCCC1. The Morgan fingerprint density at radius 3 is 2.65 bits per heavy atom. The molecule has 0 aliphatic carbocycles. The maximum absolute atomic E-state index is 12.2. The Kier molecular flexibility index (Phi) is 6.09. The molecule has 136 valence electrons. The molecule has 1 aromatic carbocycles. The number of carbonyl (C=O) groups excluding carboxylic acids is 2. The second-order valence-electron chi connectivity index (χ2n) is 6.18. The fourth-order valence-electron chi connectivity index (χ4n) is 2.95. The number of anilines is 2.